The van der Waals surface area contributed by atoms with E-state index in [9.17, 15) is 49.2 Å². The highest BCUT2D eigenvalue weighted by Crippen LogP contribution is 2.47. The number of hydrogen-bond donors (Lipinski definition) is 10. The minimum Gasteiger partial charge on any atom is -0.491 e. The highest BCUT2D eigenvalue weighted by atomic mass is 16.5. The highest BCUT2D eigenvalue weighted by molar-refractivity contribution is 6.07. The number of rotatable bonds is 26. The average molecular weight is 1800 g/mol. The Morgan fingerprint density at radius 1 is 0.423 bits per heavy atom. The first-order valence-corrected chi connectivity index (χ1v) is 47.1. The Balaban J connectivity index is 0.000000142. The fourth-order valence-corrected chi connectivity index (χ4v) is 20.3. The van der Waals surface area contributed by atoms with Crippen molar-refractivity contribution in [2.75, 3.05) is 225 Å². The smallest absolute Gasteiger partial charge is 0.336 e. The van der Waals surface area contributed by atoms with E-state index >= 15 is 0 Å². The molecule has 3 saturated heterocycles. The van der Waals surface area contributed by atoms with Crippen LogP contribution in [0.3, 0.4) is 0 Å². The van der Waals surface area contributed by atoms with E-state index in [1.54, 1.807) is 78.7 Å². The van der Waals surface area contributed by atoms with Gasteiger partial charge in [0.2, 0.25) is 35.6 Å². The van der Waals surface area contributed by atoms with Gasteiger partial charge in [0.1, 0.15) is 52.4 Å². The third kappa shape index (κ3) is 21.2. The van der Waals surface area contributed by atoms with E-state index < -0.39 is 18.2 Å². The van der Waals surface area contributed by atoms with Crippen LogP contribution < -0.4 is 75.9 Å². The minimum absolute atomic E-state index is 0.0756. The first-order valence-electron chi connectivity index (χ1n) is 47.1. The number of likely N-dealkylation sites (N-methyl/N-ethyl adjacent to an activating group) is 6. The molecule has 3 aromatic carbocycles. The molecular formula is C93H134N24O13. The van der Waals surface area contributed by atoms with Gasteiger partial charge in [0.15, 0.2) is 17.5 Å². The van der Waals surface area contributed by atoms with Crippen LogP contribution in [0.2, 0.25) is 0 Å². The topological polar surface area (TPSA) is 413 Å². The van der Waals surface area contributed by atoms with Gasteiger partial charge in [-0.25, -0.2) is 19.7 Å². The van der Waals surface area contributed by atoms with Crippen LogP contribution in [0.4, 0.5) is 69.4 Å². The fraction of sp³-hybridized carbons (Fsp3) is 0.613. The van der Waals surface area contributed by atoms with Gasteiger partial charge in [0.25, 0.3) is 11.8 Å². The van der Waals surface area contributed by atoms with Crippen LogP contribution in [-0.2, 0) is 33.6 Å². The number of carbonyl (C=O) groups excluding carboxylic acids is 5. The monoisotopic (exact) mass is 1800 g/mol. The molecule has 3 aromatic heterocycles. The number of aliphatic hydroxyl groups excluding tert-OH is 3. The Morgan fingerprint density at radius 2 is 0.708 bits per heavy atom. The summed E-state index contributed by atoms with van der Waals surface area (Å²) in [5, 5.41) is 55.6. The zero-order valence-electron chi connectivity index (χ0n) is 77.1. The van der Waals surface area contributed by atoms with Gasteiger partial charge in [0.05, 0.1) is 79.3 Å². The number of nitrogens with two attached hydrogens (primary N) is 1. The number of anilines is 12. The largest absolute Gasteiger partial charge is 0.491 e. The fourth-order valence-electron chi connectivity index (χ4n) is 20.3. The van der Waals surface area contributed by atoms with Gasteiger partial charge in [0, 0.05) is 204 Å². The molecule has 704 valence electrons. The van der Waals surface area contributed by atoms with Crippen molar-refractivity contribution in [2.24, 2.45) is 5.73 Å². The molecule has 37 heteroatoms. The number of carboxylic acids is 1. The van der Waals surface area contributed by atoms with Crippen molar-refractivity contribution in [2.45, 2.75) is 191 Å². The van der Waals surface area contributed by atoms with Crippen LogP contribution in [0.1, 0.15) is 165 Å². The van der Waals surface area contributed by atoms with E-state index in [4.69, 9.17) is 34.9 Å². The zero-order valence-corrected chi connectivity index (χ0v) is 77.1. The summed E-state index contributed by atoms with van der Waals surface area (Å²) in [4.78, 5) is 131. The summed E-state index contributed by atoms with van der Waals surface area (Å²) in [6.07, 6.45) is 20.7. The highest BCUT2D eigenvalue weighted by Gasteiger charge is 2.46. The third-order valence-corrected chi connectivity index (χ3v) is 27.7. The number of carbonyl (C=O) groups is 6. The van der Waals surface area contributed by atoms with Gasteiger partial charge in [-0.2, -0.15) is 15.0 Å². The zero-order chi connectivity index (χ0) is 91.6. The number of benzene rings is 3. The molecule has 37 nitrogen and oxygen atoms in total. The van der Waals surface area contributed by atoms with Gasteiger partial charge in [-0.3, -0.25) is 38.7 Å². The number of aromatic nitrogens is 6. The minimum atomic E-state index is -0.964. The molecule has 9 aliphatic heterocycles. The Morgan fingerprint density at radius 3 is 0.992 bits per heavy atom. The average Bonchev–Trinajstić information content (AvgIpc) is 1.41. The lowest BCUT2D eigenvalue weighted by molar-refractivity contribution is -0.120. The van der Waals surface area contributed by atoms with E-state index in [-0.39, 0.29) is 84.5 Å². The lowest BCUT2D eigenvalue weighted by Gasteiger charge is -2.43. The van der Waals surface area contributed by atoms with Crippen LogP contribution in [0.5, 0.6) is 17.2 Å². The molecule has 130 heavy (non-hydrogen) atoms. The Bertz CT molecular complexity index is 4770. The van der Waals surface area contributed by atoms with E-state index in [1.807, 2.05) is 19.1 Å². The summed E-state index contributed by atoms with van der Waals surface area (Å²) in [6, 6.07) is 10.6. The summed E-state index contributed by atoms with van der Waals surface area (Å²) < 4.78 is 17.7. The second kappa shape index (κ2) is 42.8. The lowest BCUT2D eigenvalue weighted by atomic mass is 10.0. The summed E-state index contributed by atoms with van der Waals surface area (Å²) >= 11 is 0. The number of aromatic carboxylic acids is 1. The summed E-state index contributed by atoms with van der Waals surface area (Å²) in [5.74, 6) is 4.17. The molecule has 6 atom stereocenters. The van der Waals surface area contributed by atoms with Crippen LogP contribution in [0.15, 0.2) is 55.0 Å². The number of nitrogens with zero attached hydrogens (tertiary/aromatic N) is 18. The van der Waals surface area contributed by atoms with E-state index in [0.717, 1.165) is 202 Å². The van der Waals surface area contributed by atoms with Gasteiger partial charge in [-0.15, -0.1) is 0 Å². The molecule has 6 fully saturated rings. The number of hydrogen-bond acceptors (Lipinski definition) is 31. The Hall–Kier alpha value is -10.5. The molecule has 3 aliphatic carbocycles. The van der Waals surface area contributed by atoms with Crippen molar-refractivity contribution in [3.8, 4) is 17.2 Å². The number of fused-ring (bicyclic) bond motifs is 6. The van der Waals surface area contributed by atoms with E-state index in [2.05, 4.69) is 121 Å². The molecule has 0 radical (unpaired) electrons. The molecule has 0 spiro atoms. The normalized spacial score (nSPS) is 21.7. The third-order valence-electron chi connectivity index (χ3n) is 27.7. The van der Waals surface area contributed by atoms with Gasteiger partial charge >= 0.3 is 5.97 Å². The van der Waals surface area contributed by atoms with Crippen molar-refractivity contribution < 1.29 is 63.4 Å². The predicted molar refractivity (Wildman–Crippen MR) is 500 cm³/mol. The molecule has 11 N–H and O–H groups in total. The summed E-state index contributed by atoms with van der Waals surface area (Å²) in [6.45, 7) is 22.0. The lowest BCUT2D eigenvalue weighted by Crippen LogP contribution is -2.55. The number of aliphatic hydroxyl groups is 3. The van der Waals surface area contributed by atoms with Crippen molar-refractivity contribution in [3.05, 3.63) is 88.4 Å². The maximum atomic E-state index is 13.2. The Labute approximate surface area is 762 Å². The first kappa shape index (κ1) is 94.2. The molecule has 5 amide bonds. The SMILES string of the molecule is CC[C@@H]1C(=O)N(C)c2cnc(Nc3ccc(C(=O)NC[C@@H](O)CN4CCN(C)CC4)c4c3OCC4)nc2N1C1CCCC1.CC[C@@H]1C(=O)N(C)c2cnc(Nc3ccc(C(=O)NC[C@@H](O)CN4CCN(C)CC4)c4c3OCC4)nc2N1C1CCCC1.CC[C@@H]1C(=O)N(C)c2cnc(Nc3ccc(C(=O)O)c4c3OCC4)nc2N1C1CCCC1.CN1CCN(C[C@H](O)CN)CC1. The number of carboxylic acid groups (broad SMARTS) is 1. The van der Waals surface area contributed by atoms with Gasteiger partial charge in [-0.1, -0.05) is 59.3 Å². The Kier molecular flexibility index (Phi) is 31.0. The predicted octanol–water partition coefficient (Wildman–Crippen LogP) is 5.91. The molecule has 18 rings (SSSR count). The second-order valence-electron chi connectivity index (χ2n) is 36.5. The maximum Gasteiger partial charge on any atom is 0.336 e. The summed E-state index contributed by atoms with van der Waals surface area (Å²) in [7, 11) is 11.7. The second-order valence-corrected chi connectivity index (χ2v) is 36.5. The van der Waals surface area contributed by atoms with Gasteiger partial charge in [-0.05, 0) is 115 Å². The van der Waals surface area contributed by atoms with Crippen molar-refractivity contribution >= 4 is 105 Å². The molecule has 3 saturated carbocycles. The number of nitrogens with one attached hydrogen (secondary N) is 5. The van der Waals surface area contributed by atoms with Crippen LogP contribution in [0.25, 0.3) is 0 Å². The molecular weight excluding hydrogens is 1660 g/mol. The number of piperazine rings is 3. The van der Waals surface area contributed by atoms with Crippen molar-refractivity contribution in [1.29, 1.82) is 0 Å². The summed E-state index contributed by atoms with van der Waals surface area (Å²) in [5.41, 5.74) is 13.2. The van der Waals surface area contributed by atoms with Crippen LogP contribution in [0, 0.1) is 0 Å². The first-order chi connectivity index (χ1) is 62.9. The van der Waals surface area contributed by atoms with Crippen molar-refractivity contribution in [3.63, 3.8) is 0 Å². The number of ether oxygens (including phenoxy) is 3. The molecule has 6 aromatic rings. The van der Waals surface area contributed by atoms with Gasteiger partial charge < -0.3 is 111 Å². The van der Waals surface area contributed by atoms with Crippen LogP contribution >= 0.6 is 0 Å². The molecule has 12 aliphatic rings. The van der Waals surface area contributed by atoms with Crippen LogP contribution in [-0.4, -0.2) is 350 Å². The standard InChI is InChI=1S/2C31H44N8O4.C23H27N5O4.C8H19N3O/c2*1-4-25-30(42)37(3)26-18-33-31(35-28(26)39(25)20-7-5-6-8-20)34-24-10-9-23(22-11-16-43-27(22)24)29(41)32-17-21(40)19-38-14-12-36(2)13-15-38;1-3-17-21(29)27(2)18-12-24-23(26-20(18)28(17)13-6-4-5-7-13)25-16-9-8-15(22(30)31)14-10-11-32-19(14)16;1-10-2-4-11(5-3-10)7-8(12)6-9/h2*9-10,18,20-21,25,40H,4-8,11-17,19H2,1-3H3,(H,32,41)(H,33,34,35);8-9,12-13,17H,3-7,10-11H2,1-2H3,(H,30,31)(H,24,25,26);8,12H,2-7,9H2,1H3/t2*21-,25-;17-;8-/m1111/s1. The van der Waals surface area contributed by atoms with E-state index in [0.29, 0.717) is 159 Å². The van der Waals surface area contributed by atoms with E-state index in [1.165, 1.54) is 0 Å². The molecule has 12 heterocycles. The van der Waals surface area contributed by atoms with Crippen molar-refractivity contribution in [1.82, 2.24) is 69.9 Å². The number of β-amino-alcohol motifs (C(OH)–C–C–N with tert-alkyl or cyclic N) is 3. The quantitative estimate of drug-likeness (QED) is 0.0302. The molecule has 0 unspecified atom stereocenters. The maximum absolute atomic E-state index is 13.2. The molecule has 0 bridgehead atoms. The number of amides is 5.